The van der Waals surface area contributed by atoms with Gasteiger partial charge in [-0.1, -0.05) is 6.07 Å². The Morgan fingerprint density at radius 3 is 2.58 bits per heavy atom. The van der Waals surface area contributed by atoms with Crippen molar-refractivity contribution in [3.8, 4) is 0 Å². The van der Waals surface area contributed by atoms with Crippen LogP contribution in [0.5, 0.6) is 0 Å². The first kappa shape index (κ1) is 15.6. The van der Waals surface area contributed by atoms with Crippen molar-refractivity contribution in [3.63, 3.8) is 0 Å². The average molecular weight is 385 g/mol. The van der Waals surface area contributed by atoms with E-state index in [0.717, 1.165) is 22.6 Å². The zero-order valence-corrected chi connectivity index (χ0v) is 14.5. The molecule has 0 spiro atoms. The molecule has 1 aliphatic rings. The number of rotatable bonds is 3. The van der Waals surface area contributed by atoms with Crippen molar-refractivity contribution >= 4 is 49.3 Å². The minimum Gasteiger partial charge on any atom is -0.207 e. The van der Waals surface area contributed by atoms with Crippen molar-refractivity contribution in [1.29, 1.82) is 0 Å². The highest BCUT2D eigenvalue weighted by Crippen LogP contribution is 2.31. The highest BCUT2D eigenvalue weighted by molar-refractivity contribution is 9.10. The minimum atomic E-state index is -3.43. The Bertz CT molecular complexity index is 571. The van der Waals surface area contributed by atoms with Crippen LogP contribution in [0.15, 0.2) is 21.5 Å². The predicted octanol–water partition coefficient (Wildman–Crippen LogP) is 3.23. The summed E-state index contributed by atoms with van der Waals surface area (Å²) in [5.41, 5.74) is 1.72. The monoisotopic (exact) mass is 383 g/mol. The van der Waals surface area contributed by atoms with Gasteiger partial charge in [0, 0.05) is 34.9 Å². The Kier molecular flexibility index (Phi) is 5.22. The van der Waals surface area contributed by atoms with Crippen LogP contribution >= 0.6 is 39.3 Å². The number of sulfonamides is 1. The first-order valence-electron chi connectivity index (χ1n) is 5.89. The second-order valence-electron chi connectivity index (χ2n) is 4.37. The van der Waals surface area contributed by atoms with Crippen molar-refractivity contribution in [3.05, 3.63) is 27.7 Å². The fourth-order valence-electron chi connectivity index (χ4n) is 2.00. The van der Waals surface area contributed by atoms with Crippen LogP contribution in [-0.4, -0.2) is 37.3 Å². The largest absolute Gasteiger partial charge is 0.244 e. The van der Waals surface area contributed by atoms with E-state index in [1.54, 1.807) is 22.1 Å². The third-order valence-corrected chi connectivity index (χ3v) is 7.51. The lowest BCUT2D eigenvalue weighted by Gasteiger charge is -2.26. The summed E-state index contributed by atoms with van der Waals surface area (Å²) in [5, 5.41) is 0. The molecule has 0 amide bonds. The summed E-state index contributed by atoms with van der Waals surface area (Å²) in [6, 6.07) is 3.57. The average Bonchev–Trinajstić information content (AvgIpc) is 2.42. The molecule has 0 bridgehead atoms. The molecule has 0 atom stereocenters. The number of benzene rings is 1. The van der Waals surface area contributed by atoms with E-state index in [1.165, 1.54) is 0 Å². The number of aryl methyl sites for hydroxylation is 1. The highest BCUT2D eigenvalue weighted by atomic mass is 79.9. The second kappa shape index (κ2) is 6.35. The van der Waals surface area contributed by atoms with Crippen molar-refractivity contribution < 1.29 is 8.42 Å². The maximum atomic E-state index is 12.7. The van der Waals surface area contributed by atoms with Gasteiger partial charge in [-0.05, 0) is 40.0 Å². The van der Waals surface area contributed by atoms with Gasteiger partial charge in [0.25, 0.3) is 0 Å². The summed E-state index contributed by atoms with van der Waals surface area (Å²) in [6.45, 7) is 3.03. The third kappa shape index (κ3) is 3.29. The van der Waals surface area contributed by atoms with E-state index in [4.69, 9.17) is 11.6 Å². The standard InChI is InChI=1S/C12H15BrClNO2S2/c1-9-6-10(8-14)7-11(12(9)13)19(16,17)15-2-4-18-5-3-15/h6-7H,2-5,8H2,1H3. The number of alkyl halides is 1. The van der Waals surface area contributed by atoms with E-state index in [9.17, 15) is 8.42 Å². The van der Waals surface area contributed by atoms with Crippen LogP contribution in [0.1, 0.15) is 11.1 Å². The molecule has 19 heavy (non-hydrogen) atoms. The van der Waals surface area contributed by atoms with Crippen LogP contribution in [0.3, 0.4) is 0 Å². The molecule has 1 heterocycles. The first-order chi connectivity index (χ1) is 8.96. The SMILES string of the molecule is Cc1cc(CCl)cc(S(=O)(=O)N2CCSCC2)c1Br. The highest BCUT2D eigenvalue weighted by Gasteiger charge is 2.28. The molecule has 0 aliphatic carbocycles. The quantitative estimate of drug-likeness (QED) is 0.751. The zero-order valence-electron chi connectivity index (χ0n) is 10.5. The molecule has 0 radical (unpaired) electrons. The molecular weight excluding hydrogens is 370 g/mol. The van der Waals surface area contributed by atoms with Gasteiger partial charge >= 0.3 is 0 Å². The summed E-state index contributed by atoms with van der Waals surface area (Å²) in [7, 11) is -3.43. The molecule has 1 fully saturated rings. The molecular formula is C12H15BrClNO2S2. The number of hydrogen-bond donors (Lipinski definition) is 0. The van der Waals surface area contributed by atoms with Crippen LogP contribution in [0.2, 0.25) is 0 Å². The Morgan fingerprint density at radius 2 is 2.00 bits per heavy atom. The smallest absolute Gasteiger partial charge is 0.207 e. The van der Waals surface area contributed by atoms with Gasteiger partial charge in [0.2, 0.25) is 10.0 Å². The normalized spacial score (nSPS) is 17.6. The van der Waals surface area contributed by atoms with Crippen molar-refractivity contribution in [2.75, 3.05) is 24.6 Å². The summed E-state index contributed by atoms with van der Waals surface area (Å²) in [6.07, 6.45) is 0. The van der Waals surface area contributed by atoms with E-state index >= 15 is 0 Å². The lowest BCUT2D eigenvalue weighted by atomic mass is 10.2. The lowest BCUT2D eigenvalue weighted by Crippen LogP contribution is -2.38. The third-order valence-electron chi connectivity index (χ3n) is 3.02. The topological polar surface area (TPSA) is 37.4 Å². The Morgan fingerprint density at radius 1 is 1.37 bits per heavy atom. The van der Waals surface area contributed by atoms with Crippen LogP contribution in [0, 0.1) is 6.92 Å². The van der Waals surface area contributed by atoms with Crippen LogP contribution < -0.4 is 0 Å². The number of halogens is 2. The molecule has 0 aromatic heterocycles. The first-order valence-corrected chi connectivity index (χ1v) is 9.82. The zero-order chi connectivity index (χ0) is 14.0. The van der Waals surface area contributed by atoms with E-state index in [0.29, 0.717) is 28.3 Å². The molecule has 0 N–H and O–H groups in total. The fourth-order valence-corrected chi connectivity index (χ4v) is 5.76. The number of hydrogen-bond acceptors (Lipinski definition) is 3. The molecule has 3 nitrogen and oxygen atoms in total. The van der Waals surface area contributed by atoms with Crippen LogP contribution in [0.25, 0.3) is 0 Å². The van der Waals surface area contributed by atoms with Crippen molar-refractivity contribution in [2.45, 2.75) is 17.7 Å². The maximum Gasteiger partial charge on any atom is 0.244 e. The van der Waals surface area contributed by atoms with E-state index in [-0.39, 0.29) is 0 Å². The lowest BCUT2D eigenvalue weighted by molar-refractivity contribution is 0.443. The van der Waals surface area contributed by atoms with Gasteiger partial charge in [0.1, 0.15) is 0 Å². The molecule has 1 saturated heterocycles. The Hall–Kier alpha value is 0.250. The van der Waals surface area contributed by atoms with E-state index in [2.05, 4.69) is 15.9 Å². The molecule has 0 unspecified atom stereocenters. The molecule has 106 valence electrons. The van der Waals surface area contributed by atoms with Gasteiger partial charge in [-0.3, -0.25) is 0 Å². The summed E-state index contributed by atoms with van der Waals surface area (Å²) < 4.78 is 27.5. The van der Waals surface area contributed by atoms with Gasteiger partial charge in [-0.15, -0.1) is 11.6 Å². The molecule has 7 heteroatoms. The van der Waals surface area contributed by atoms with Gasteiger partial charge < -0.3 is 0 Å². The summed E-state index contributed by atoms with van der Waals surface area (Å²) in [5.74, 6) is 2.02. The van der Waals surface area contributed by atoms with Crippen LogP contribution in [-0.2, 0) is 15.9 Å². The van der Waals surface area contributed by atoms with Gasteiger partial charge in [-0.2, -0.15) is 16.1 Å². The number of nitrogens with zero attached hydrogens (tertiary/aromatic N) is 1. The molecule has 1 aromatic carbocycles. The van der Waals surface area contributed by atoms with Gasteiger partial charge in [-0.25, -0.2) is 8.42 Å². The van der Waals surface area contributed by atoms with E-state index in [1.807, 2.05) is 13.0 Å². The van der Waals surface area contributed by atoms with Crippen molar-refractivity contribution in [2.24, 2.45) is 0 Å². The molecule has 0 saturated carbocycles. The van der Waals surface area contributed by atoms with Crippen molar-refractivity contribution in [1.82, 2.24) is 4.31 Å². The summed E-state index contributed by atoms with van der Waals surface area (Å²) in [4.78, 5) is 0.329. The fraction of sp³-hybridized carbons (Fsp3) is 0.500. The molecule has 2 rings (SSSR count). The molecule has 1 aromatic rings. The van der Waals surface area contributed by atoms with Crippen LogP contribution in [0.4, 0.5) is 0 Å². The molecule has 1 aliphatic heterocycles. The maximum absolute atomic E-state index is 12.7. The Balaban J connectivity index is 2.47. The van der Waals surface area contributed by atoms with E-state index < -0.39 is 10.0 Å². The Labute approximate surface area is 131 Å². The van der Waals surface area contributed by atoms with Gasteiger partial charge in [0.15, 0.2) is 0 Å². The van der Waals surface area contributed by atoms with Gasteiger partial charge in [0.05, 0.1) is 4.90 Å². The predicted molar refractivity (Wildman–Crippen MR) is 84.5 cm³/mol. The minimum absolute atomic E-state index is 0.312. The second-order valence-corrected chi connectivity index (χ2v) is 8.57. The summed E-state index contributed by atoms with van der Waals surface area (Å²) >= 11 is 11.0. The number of thioether (sulfide) groups is 1.